The van der Waals surface area contributed by atoms with Gasteiger partial charge >= 0.3 is 0 Å². The predicted octanol–water partition coefficient (Wildman–Crippen LogP) is 2.17. The first-order chi connectivity index (χ1) is 12.7. The van der Waals surface area contributed by atoms with Crippen molar-refractivity contribution in [1.82, 2.24) is 15.6 Å². The van der Waals surface area contributed by atoms with Crippen LogP contribution in [0.15, 0.2) is 47.6 Å². The number of nitrogens with zero attached hydrogens (tertiary/aromatic N) is 3. The van der Waals surface area contributed by atoms with E-state index in [1.165, 1.54) is 6.07 Å². The molecule has 1 aliphatic heterocycles. The summed E-state index contributed by atoms with van der Waals surface area (Å²) in [5.74, 6) is 1.70. The molecule has 1 aliphatic rings. The molecule has 1 aromatic heterocycles. The van der Waals surface area contributed by atoms with Crippen molar-refractivity contribution in [2.75, 3.05) is 32.1 Å². The molecule has 1 atom stereocenters. The number of guanidine groups is 1. The van der Waals surface area contributed by atoms with Gasteiger partial charge in [-0.05, 0) is 36.2 Å². The number of rotatable bonds is 5. The van der Waals surface area contributed by atoms with Crippen LogP contribution in [0, 0.1) is 5.82 Å². The average molecular weight is 357 g/mol. The van der Waals surface area contributed by atoms with Crippen LogP contribution in [0.2, 0.25) is 0 Å². The molecule has 0 saturated carbocycles. The highest BCUT2D eigenvalue weighted by Crippen LogP contribution is 2.20. The van der Waals surface area contributed by atoms with E-state index in [2.05, 4.69) is 20.6 Å². The molecule has 26 heavy (non-hydrogen) atoms. The van der Waals surface area contributed by atoms with Gasteiger partial charge in [0.25, 0.3) is 0 Å². The molecule has 7 heteroatoms. The summed E-state index contributed by atoms with van der Waals surface area (Å²) in [6, 6.07) is 11.1. The molecule has 1 aromatic carbocycles. The van der Waals surface area contributed by atoms with Crippen molar-refractivity contribution in [1.29, 1.82) is 0 Å². The molecule has 2 heterocycles. The summed E-state index contributed by atoms with van der Waals surface area (Å²) >= 11 is 0. The topological polar surface area (TPSA) is 61.8 Å². The van der Waals surface area contributed by atoms with Gasteiger partial charge in [0.2, 0.25) is 0 Å². The van der Waals surface area contributed by atoms with Crippen molar-refractivity contribution >= 4 is 11.8 Å². The lowest BCUT2D eigenvalue weighted by molar-refractivity contribution is 0.414. The third-order valence-electron chi connectivity index (χ3n) is 4.41. The molecule has 138 valence electrons. The highest BCUT2D eigenvalue weighted by Gasteiger charge is 2.25. The van der Waals surface area contributed by atoms with Crippen LogP contribution in [0.1, 0.15) is 12.0 Å². The van der Waals surface area contributed by atoms with Gasteiger partial charge in [-0.2, -0.15) is 0 Å². The van der Waals surface area contributed by atoms with E-state index in [1.54, 1.807) is 26.4 Å². The number of hydrogen-bond acceptors (Lipinski definition) is 4. The Kier molecular flexibility index (Phi) is 5.88. The van der Waals surface area contributed by atoms with Crippen LogP contribution >= 0.6 is 0 Å². The van der Waals surface area contributed by atoms with Crippen molar-refractivity contribution in [2.24, 2.45) is 4.99 Å². The first kappa shape index (κ1) is 18.0. The molecule has 0 spiro atoms. The minimum Gasteiger partial charge on any atom is -0.497 e. The number of aromatic nitrogens is 1. The molecule has 1 fully saturated rings. The van der Waals surface area contributed by atoms with Crippen LogP contribution in [0.5, 0.6) is 5.75 Å². The standard InChI is InChI=1S/C19H24FN5O/c1-21-19(23-12-14-5-7-16(26-2)8-6-14)24-15-9-11-25(13-15)18-17(20)4-3-10-22-18/h3-8,10,15H,9,11-13H2,1-2H3,(H2,21,23,24). The smallest absolute Gasteiger partial charge is 0.191 e. The van der Waals surface area contributed by atoms with Gasteiger partial charge in [0, 0.05) is 38.9 Å². The summed E-state index contributed by atoms with van der Waals surface area (Å²) in [4.78, 5) is 10.4. The fourth-order valence-electron chi connectivity index (χ4n) is 3.00. The Morgan fingerprint density at radius 2 is 2.15 bits per heavy atom. The van der Waals surface area contributed by atoms with E-state index in [1.807, 2.05) is 29.2 Å². The second-order valence-corrected chi connectivity index (χ2v) is 6.16. The molecule has 3 rings (SSSR count). The molecule has 2 aromatic rings. The maximum atomic E-state index is 13.9. The number of methoxy groups -OCH3 is 1. The lowest BCUT2D eigenvalue weighted by Gasteiger charge is -2.20. The van der Waals surface area contributed by atoms with Gasteiger partial charge in [0.1, 0.15) is 5.75 Å². The van der Waals surface area contributed by atoms with E-state index < -0.39 is 0 Å². The number of aliphatic imine (C=N–C) groups is 1. The summed E-state index contributed by atoms with van der Waals surface area (Å²) in [7, 11) is 3.40. The molecular weight excluding hydrogens is 333 g/mol. The second kappa shape index (κ2) is 8.51. The Balaban J connectivity index is 1.51. The maximum absolute atomic E-state index is 13.9. The molecule has 6 nitrogen and oxygen atoms in total. The molecule has 0 amide bonds. The Labute approximate surface area is 153 Å². The normalized spacial score (nSPS) is 17.3. The monoisotopic (exact) mass is 357 g/mol. The van der Waals surface area contributed by atoms with E-state index in [0.29, 0.717) is 18.9 Å². The van der Waals surface area contributed by atoms with Crippen molar-refractivity contribution < 1.29 is 9.13 Å². The van der Waals surface area contributed by atoms with Gasteiger partial charge in [-0.25, -0.2) is 9.37 Å². The third kappa shape index (κ3) is 4.41. The molecule has 1 saturated heterocycles. The van der Waals surface area contributed by atoms with Gasteiger partial charge in [-0.1, -0.05) is 12.1 Å². The zero-order valence-corrected chi connectivity index (χ0v) is 15.1. The first-order valence-electron chi connectivity index (χ1n) is 8.65. The number of ether oxygens (including phenoxy) is 1. The van der Waals surface area contributed by atoms with Crippen LogP contribution in [-0.4, -0.2) is 44.2 Å². The van der Waals surface area contributed by atoms with E-state index in [-0.39, 0.29) is 11.9 Å². The highest BCUT2D eigenvalue weighted by atomic mass is 19.1. The van der Waals surface area contributed by atoms with Gasteiger partial charge in [-0.3, -0.25) is 4.99 Å². The average Bonchev–Trinajstić information content (AvgIpc) is 3.14. The van der Waals surface area contributed by atoms with Crippen LogP contribution < -0.4 is 20.3 Å². The highest BCUT2D eigenvalue weighted by molar-refractivity contribution is 5.80. The van der Waals surface area contributed by atoms with Gasteiger partial charge in [0.15, 0.2) is 17.6 Å². The summed E-state index contributed by atoms with van der Waals surface area (Å²) in [5, 5.41) is 6.71. The van der Waals surface area contributed by atoms with Crippen LogP contribution in [0.25, 0.3) is 0 Å². The number of anilines is 1. The lowest BCUT2D eigenvalue weighted by Crippen LogP contribution is -2.44. The first-order valence-corrected chi connectivity index (χ1v) is 8.65. The maximum Gasteiger partial charge on any atom is 0.191 e. The molecule has 0 radical (unpaired) electrons. The minimum absolute atomic E-state index is 0.193. The summed E-state index contributed by atoms with van der Waals surface area (Å²) in [6.07, 6.45) is 2.52. The van der Waals surface area contributed by atoms with Gasteiger partial charge in [-0.15, -0.1) is 0 Å². The van der Waals surface area contributed by atoms with Crippen molar-refractivity contribution in [3.8, 4) is 5.75 Å². The summed E-state index contributed by atoms with van der Waals surface area (Å²) < 4.78 is 19.1. The fourth-order valence-corrected chi connectivity index (χ4v) is 3.00. The number of benzene rings is 1. The Hall–Kier alpha value is -2.83. The fraction of sp³-hybridized carbons (Fsp3) is 0.368. The molecule has 2 N–H and O–H groups in total. The molecular formula is C19H24FN5O. The predicted molar refractivity (Wildman–Crippen MR) is 101 cm³/mol. The zero-order valence-electron chi connectivity index (χ0n) is 15.1. The largest absolute Gasteiger partial charge is 0.497 e. The van der Waals surface area contributed by atoms with Crippen LogP contribution in [-0.2, 0) is 6.54 Å². The van der Waals surface area contributed by atoms with Crippen molar-refractivity contribution in [3.63, 3.8) is 0 Å². The van der Waals surface area contributed by atoms with Gasteiger partial charge < -0.3 is 20.3 Å². The Bertz CT molecular complexity index is 750. The quantitative estimate of drug-likeness (QED) is 0.634. The van der Waals surface area contributed by atoms with Gasteiger partial charge in [0.05, 0.1) is 7.11 Å². The molecule has 0 aliphatic carbocycles. The van der Waals surface area contributed by atoms with E-state index in [9.17, 15) is 4.39 Å². The summed E-state index contributed by atoms with van der Waals surface area (Å²) in [5.41, 5.74) is 1.14. The molecule has 0 bridgehead atoms. The molecule has 1 unspecified atom stereocenters. The Morgan fingerprint density at radius 3 is 2.85 bits per heavy atom. The SMILES string of the molecule is CN=C(NCc1ccc(OC)cc1)NC1CCN(c2ncccc2F)C1. The van der Waals surface area contributed by atoms with E-state index >= 15 is 0 Å². The number of hydrogen-bond donors (Lipinski definition) is 2. The number of pyridine rings is 1. The van der Waals surface area contributed by atoms with E-state index in [4.69, 9.17) is 4.74 Å². The number of nitrogens with one attached hydrogen (secondary N) is 2. The third-order valence-corrected chi connectivity index (χ3v) is 4.41. The van der Waals surface area contributed by atoms with Crippen LogP contribution in [0.4, 0.5) is 10.2 Å². The van der Waals surface area contributed by atoms with E-state index in [0.717, 1.165) is 30.2 Å². The van der Waals surface area contributed by atoms with Crippen molar-refractivity contribution in [3.05, 3.63) is 54.0 Å². The Morgan fingerprint density at radius 1 is 1.35 bits per heavy atom. The number of halogens is 1. The van der Waals surface area contributed by atoms with Crippen molar-refractivity contribution in [2.45, 2.75) is 19.0 Å². The lowest BCUT2D eigenvalue weighted by atomic mass is 10.2. The zero-order chi connectivity index (χ0) is 18.4. The second-order valence-electron chi connectivity index (χ2n) is 6.16. The van der Waals surface area contributed by atoms with Crippen LogP contribution in [0.3, 0.4) is 0 Å². The summed E-state index contributed by atoms with van der Waals surface area (Å²) in [6.45, 7) is 2.12. The minimum atomic E-state index is -0.282.